The molecule has 1 heterocycles. The molecule has 5 nitrogen and oxygen atoms in total. The first kappa shape index (κ1) is 12.0. The van der Waals surface area contributed by atoms with Crippen LogP contribution in [0.25, 0.3) is 11.3 Å². The Balaban J connectivity index is 2.34. The van der Waals surface area contributed by atoms with Crippen LogP contribution in [0, 0.1) is 0 Å². The van der Waals surface area contributed by atoms with Gasteiger partial charge in [-0.15, -0.1) is 0 Å². The summed E-state index contributed by atoms with van der Waals surface area (Å²) < 4.78 is 4.92. The normalized spacial score (nSPS) is 10.3. The summed E-state index contributed by atoms with van der Waals surface area (Å²) in [6.45, 7) is 2.07. The third-order valence-corrected chi connectivity index (χ3v) is 2.57. The summed E-state index contributed by atoms with van der Waals surface area (Å²) in [5, 5.41) is 0. The summed E-state index contributed by atoms with van der Waals surface area (Å²) >= 11 is 0. The van der Waals surface area contributed by atoms with Gasteiger partial charge < -0.3 is 21.2 Å². The number of hydrogen-bond donors (Lipinski definition) is 3. The van der Waals surface area contributed by atoms with E-state index >= 15 is 0 Å². The lowest BCUT2D eigenvalue weighted by molar-refractivity contribution is 0.0528. The van der Waals surface area contributed by atoms with Crippen LogP contribution in [0.1, 0.15) is 17.3 Å². The van der Waals surface area contributed by atoms with Crippen LogP contribution < -0.4 is 11.5 Å². The fourth-order valence-corrected chi connectivity index (χ4v) is 1.67. The Kier molecular flexibility index (Phi) is 3.23. The highest BCUT2D eigenvalue weighted by Crippen LogP contribution is 2.24. The molecule has 1 aromatic carbocycles. The molecule has 18 heavy (non-hydrogen) atoms. The summed E-state index contributed by atoms with van der Waals surface area (Å²) in [5.41, 5.74) is 14.1. The minimum absolute atomic E-state index is 0.306. The van der Waals surface area contributed by atoms with Crippen molar-refractivity contribution in [3.8, 4) is 11.3 Å². The van der Waals surface area contributed by atoms with E-state index in [0.29, 0.717) is 23.7 Å². The maximum atomic E-state index is 11.6. The second kappa shape index (κ2) is 4.83. The minimum atomic E-state index is -0.423. The third-order valence-electron chi connectivity index (χ3n) is 2.57. The Morgan fingerprint density at radius 1 is 1.28 bits per heavy atom. The standard InChI is InChI=1S/C13H15N3O2/c1-2-18-13(17)10-7-11(16-12(10)15)8-3-5-9(14)6-4-8/h3-7,16H,2,14-15H2,1H3. The van der Waals surface area contributed by atoms with Gasteiger partial charge in [0, 0.05) is 11.4 Å². The number of esters is 1. The van der Waals surface area contributed by atoms with Crippen molar-refractivity contribution in [2.24, 2.45) is 0 Å². The number of rotatable bonds is 3. The van der Waals surface area contributed by atoms with Crippen LogP contribution in [-0.4, -0.2) is 17.6 Å². The molecule has 0 fully saturated rings. The van der Waals surface area contributed by atoms with Crippen LogP contribution in [0.15, 0.2) is 30.3 Å². The Bertz CT molecular complexity index is 558. The molecule has 0 atom stereocenters. The molecule has 2 rings (SSSR count). The topological polar surface area (TPSA) is 94.1 Å². The number of nitrogens with one attached hydrogen (secondary N) is 1. The third kappa shape index (κ3) is 2.29. The van der Waals surface area contributed by atoms with Crippen LogP contribution >= 0.6 is 0 Å². The first-order valence-electron chi connectivity index (χ1n) is 5.63. The number of nitrogens with two attached hydrogens (primary N) is 2. The number of ether oxygens (including phenoxy) is 1. The summed E-state index contributed by atoms with van der Waals surface area (Å²) in [6, 6.07) is 8.97. The maximum absolute atomic E-state index is 11.6. The number of carbonyl (C=O) groups is 1. The molecule has 0 saturated carbocycles. The second-order valence-corrected chi connectivity index (χ2v) is 3.85. The zero-order chi connectivity index (χ0) is 13.1. The first-order valence-corrected chi connectivity index (χ1v) is 5.63. The van der Waals surface area contributed by atoms with Crippen molar-refractivity contribution in [2.75, 3.05) is 18.1 Å². The molecular formula is C13H15N3O2. The Hall–Kier alpha value is -2.43. The van der Waals surface area contributed by atoms with E-state index in [2.05, 4.69) is 4.98 Å². The lowest BCUT2D eigenvalue weighted by Gasteiger charge is -1.98. The van der Waals surface area contributed by atoms with Crippen LogP contribution in [-0.2, 0) is 4.74 Å². The molecule has 5 N–H and O–H groups in total. The van der Waals surface area contributed by atoms with E-state index in [-0.39, 0.29) is 0 Å². The number of anilines is 2. The van der Waals surface area contributed by atoms with Crippen molar-refractivity contribution < 1.29 is 9.53 Å². The van der Waals surface area contributed by atoms with Gasteiger partial charge in [-0.25, -0.2) is 4.79 Å². The summed E-state index contributed by atoms with van der Waals surface area (Å²) in [5.74, 6) is -0.117. The first-order chi connectivity index (χ1) is 8.61. The molecule has 0 aliphatic heterocycles. The van der Waals surface area contributed by atoms with Gasteiger partial charge in [-0.2, -0.15) is 0 Å². The van der Waals surface area contributed by atoms with E-state index in [1.54, 1.807) is 25.1 Å². The van der Waals surface area contributed by atoms with Gasteiger partial charge in [0.05, 0.1) is 6.61 Å². The summed E-state index contributed by atoms with van der Waals surface area (Å²) in [6.07, 6.45) is 0. The monoisotopic (exact) mass is 245 g/mol. The highest BCUT2D eigenvalue weighted by molar-refractivity contribution is 5.96. The van der Waals surface area contributed by atoms with E-state index in [9.17, 15) is 4.79 Å². The van der Waals surface area contributed by atoms with Crippen LogP contribution in [0.4, 0.5) is 11.5 Å². The van der Waals surface area contributed by atoms with E-state index < -0.39 is 5.97 Å². The van der Waals surface area contributed by atoms with Crippen molar-refractivity contribution in [2.45, 2.75) is 6.92 Å². The fraction of sp³-hybridized carbons (Fsp3) is 0.154. The molecule has 94 valence electrons. The van der Waals surface area contributed by atoms with Gasteiger partial charge in [0.2, 0.25) is 0 Å². The van der Waals surface area contributed by atoms with E-state index in [0.717, 1.165) is 11.3 Å². The highest BCUT2D eigenvalue weighted by atomic mass is 16.5. The molecule has 0 radical (unpaired) electrons. The number of carbonyl (C=O) groups excluding carboxylic acids is 1. The summed E-state index contributed by atoms with van der Waals surface area (Å²) in [7, 11) is 0. The van der Waals surface area contributed by atoms with Crippen molar-refractivity contribution in [1.29, 1.82) is 0 Å². The predicted molar refractivity (Wildman–Crippen MR) is 71.0 cm³/mol. The van der Waals surface area contributed by atoms with E-state index in [1.807, 2.05) is 12.1 Å². The summed E-state index contributed by atoms with van der Waals surface area (Å²) in [4.78, 5) is 14.6. The minimum Gasteiger partial charge on any atom is -0.462 e. The Morgan fingerprint density at radius 2 is 1.94 bits per heavy atom. The average Bonchev–Trinajstić information content (AvgIpc) is 2.72. The Morgan fingerprint density at radius 3 is 2.56 bits per heavy atom. The molecule has 0 unspecified atom stereocenters. The van der Waals surface area contributed by atoms with Gasteiger partial charge in [-0.3, -0.25) is 0 Å². The van der Waals surface area contributed by atoms with E-state index in [4.69, 9.17) is 16.2 Å². The Labute approximate surface area is 105 Å². The molecule has 2 aromatic rings. The van der Waals surface area contributed by atoms with Gasteiger partial charge in [0.25, 0.3) is 0 Å². The number of nitrogen functional groups attached to an aromatic ring is 2. The second-order valence-electron chi connectivity index (χ2n) is 3.85. The van der Waals surface area contributed by atoms with Crippen LogP contribution in [0.5, 0.6) is 0 Å². The molecule has 5 heteroatoms. The molecule has 1 aromatic heterocycles. The number of hydrogen-bond acceptors (Lipinski definition) is 4. The zero-order valence-corrected chi connectivity index (χ0v) is 10.1. The molecule has 0 aliphatic rings. The van der Waals surface area contributed by atoms with Gasteiger partial charge >= 0.3 is 5.97 Å². The SMILES string of the molecule is CCOC(=O)c1cc(-c2ccc(N)cc2)[nH]c1N. The van der Waals surface area contributed by atoms with Gasteiger partial charge in [-0.1, -0.05) is 12.1 Å². The van der Waals surface area contributed by atoms with Crippen molar-refractivity contribution in [1.82, 2.24) is 4.98 Å². The maximum Gasteiger partial charge on any atom is 0.341 e. The number of H-pyrrole nitrogens is 1. The predicted octanol–water partition coefficient (Wildman–Crippen LogP) is 2.02. The fourth-order valence-electron chi connectivity index (χ4n) is 1.67. The van der Waals surface area contributed by atoms with Crippen LogP contribution in [0.2, 0.25) is 0 Å². The lowest BCUT2D eigenvalue weighted by atomic mass is 10.1. The van der Waals surface area contributed by atoms with Crippen molar-refractivity contribution in [3.05, 3.63) is 35.9 Å². The molecule has 0 amide bonds. The number of aromatic amines is 1. The number of aromatic nitrogens is 1. The molecule has 0 aliphatic carbocycles. The largest absolute Gasteiger partial charge is 0.462 e. The average molecular weight is 245 g/mol. The van der Waals surface area contributed by atoms with Crippen LogP contribution in [0.3, 0.4) is 0 Å². The smallest absolute Gasteiger partial charge is 0.341 e. The molecule has 0 saturated heterocycles. The van der Waals surface area contributed by atoms with Gasteiger partial charge in [-0.05, 0) is 30.7 Å². The lowest BCUT2D eigenvalue weighted by Crippen LogP contribution is -2.05. The van der Waals surface area contributed by atoms with Gasteiger partial charge in [0.15, 0.2) is 0 Å². The van der Waals surface area contributed by atoms with Crippen molar-refractivity contribution in [3.63, 3.8) is 0 Å². The quantitative estimate of drug-likeness (QED) is 0.569. The molecular weight excluding hydrogens is 230 g/mol. The number of benzene rings is 1. The zero-order valence-electron chi connectivity index (χ0n) is 10.1. The highest BCUT2D eigenvalue weighted by Gasteiger charge is 2.15. The van der Waals surface area contributed by atoms with E-state index in [1.165, 1.54) is 0 Å². The molecule has 0 spiro atoms. The van der Waals surface area contributed by atoms with Crippen molar-refractivity contribution >= 4 is 17.5 Å². The van der Waals surface area contributed by atoms with Gasteiger partial charge in [0.1, 0.15) is 11.4 Å². The molecule has 0 bridgehead atoms.